The van der Waals surface area contributed by atoms with Gasteiger partial charge in [0.05, 0.1) is 22.2 Å². The maximum Gasteiger partial charge on any atom is 0.280 e. The predicted octanol–water partition coefficient (Wildman–Crippen LogP) is 9.52. The molecule has 3 nitrogen and oxygen atoms in total. The minimum absolute atomic E-state index is 0.0341. The number of hydrogen-bond donors (Lipinski definition) is 0. The molecule has 0 amide bonds. The van der Waals surface area contributed by atoms with Crippen LogP contribution in [0.4, 0.5) is 0 Å². The monoisotopic (exact) mass is 536 g/mol. The van der Waals surface area contributed by atoms with E-state index in [0.717, 1.165) is 44.1 Å². The smallest absolute Gasteiger partial charge is 0.280 e. The summed E-state index contributed by atoms with van der Waals surface area (Å²) in [4.78, 5) is 14.9. The molecule has 0 aliphatic carbocycles. The molecule has 0 saturated heterocycles. The van der Waals surface area contributed by atoms with Gasteiger partial charge < -0.3 is 4.40 Å². The molecule has 0 atom stereocenters. The lowest BCUT2D eigenvalue weighted by molar-refractivity contribution is 1.03. The van der Waals surface area contributed by atoms with Crippen LogP contribution in [0.25, 0.3) is 76.6 Å². The van der Waals surface area contributed by atoms with Crippen LogP contribution < -0.4 is 5.56 Å². The number of rotatable bonds is 2. The minimum atomic E-state index is -0.0341. The van der Waals surface area contributed by atoms with Crippen molar-refractivity contribution < 1.29 is 0 Å². The molecule has 0 bridgehead atoms. The fourth-order valence-electron chi connectivity index (χ4n) is 6.94. The van der Waals surface area contributed by atoms with Gasteiger partial charge in [0.25, 0.3) is 5.56 Å². The van der Waals surface area contributed by atoms with Gasteiger partial charge >= 0.3 is 0 Å². The van der Waals surface area contributed by atoms with Gasteiger partial charge in [-0.1, -0.05) is 115 Å². The quantitative estimate of drug-likeness (QED) is 0.202. The van der Waals surface area contributed by atoms with Crippen molar-refractivity contribution in [3.05, 3.63) is 156 Å². The lowest BCUT2D eigenvalue weighted by Crippen LogP contribution is -2.21. The summed E-state index contributed by atoms with van der Waals surface area (Å²) in [7, 11) is 0. The van der Waals surface area contributed by atoms with Crippen molar-refractivity contribution >= 4 is 59.8 Å². The number of aromatic nitrogens is 2. The second kappa shape index (κ2) is 8.66. The van der Waals surface area contributed by atoms with E-state index < -0.39 is 0 Å². The molecular formula is C39H24N2O. The third-order valence-electron chi connectivity index (χ3n) is 8.69. The number of para-hydroxylation sites is 3. The van der Waals surface area contributed by atoms with E-state index >= 15 is 0 Å². The molecule has 0 N–H and O–H groups in total. The van der Waals surface area contributed by atoms with Crippen LogP contribution in [0.2, 0.25) is 0 Å². The Kier molecular flexibility index (Phi) is 4.76. The molecule has 0 aliphatic heterocycles. The standard InChI is InChI=1S/C39H24N2O/c42-39-38-37(25-12-2-1-3-13-25)32-18-8-9-19-34(32)41(38)36-21-11-10-20-35(36)40(39)26-22-23-31-29-16-5-4-14-27(29)28-15-6-7-17-30(28)33(31)24-26/h1-24H. The van der Waals surface area contributed by atoms with Crippen LogP contribution in [-0.2, 0) is 0 Å². The van der Waals surface area contributed by atoms with Crippen LogP contribution in [0.3, 0.4) is 0 Å². The summed E-state index contributed by atoms with van der Waals surface area (Å²) in [6.07, 6.45) is 0. The molecule has 9 aromatic rings. The van der Waals surface area contributed by atoms with Crippen molar-refractivity contribution in [1.29, 1.82) is 0 Å². The Morgan fingerprint density at radius 1 is 0.405 bits per heavy atom. The molecule has 42 heavy (non-hydrogen) atoms. The van der Waals surface area contributed by atoms with Gasteiger partial charge in [-0.3, -0.25) is 9.36 Å². The van der Waals surface area contributed by atoms with Gasteiger partial charge in [0, 0.05) is 10.9 Å². The number of hydrogen-bond acceptors (Lipinski definition) is 1. The highest BCUT2D eigenvalue weighted by molar-refractivity contribution is 6.25. The third kappa shape index (κ3) is 3.08. The van der Waals surface area contributed by atoms with Crippen LogP contribution in [-0.4, -0.2) is 8.97 Å². The minimum Gasteiger partial charge on any atom is -0.302 e. The zero-order valence-electron chi connectivity index (χ0n) is 22.7. The third-order valence-corrected chi connectivity index (χ3v) is 8.69. The lowest BCUT2D eigenvalue weighted by atomic mass is 9.94. The lowest BCUT2D eigenvalue weighted by Gasteiger charge is -2.16. The van der Waals surface area contributed by atoms with Crippen LogP contribution >= 0.6 is 0 Å². The molecule has 0 spiro atoms. The Morgan fingerprint density at radius 3 is 1.57 bits per heavy atom. The Bertz CT molecular complexity index is 2550. The maximum absolute atomic E-state index is 14.9. The van der Waals surface area contributed by atoms with Crippen molar-refractivity contribution in [2.24, 2.45) is 0 Å². The Balaban J connectivity index is 1.47. The Hall–Kier alpha value is -5.67. The zero-order valence-corrected chi connectivity index (χ0v) is 22.7. The first-order valence-electron chi connectivity index (χ1n) is 14.3. The van der Waals surface area contributed by atoms with Crippen LogP contribution in [0.1, 0.15) is 0 Å². The van der Waals surface area contributed by atoms with E-state index in [-0.39, 0.29) is 5.56 Å². The summed E-state index contributed by atoms with van der Waals surface area (Å²) < 4.78 is 4.05. The average molecular weight is 537 g/mol. The highest BCUT2D eigenvalue weighted by atomic mass is 16.1. The molecule has 2 heterocycles. The van der Waals surface area contributed by atoms with E-state index in [1.807, 2.05) is 47.0 Å². The largest absolute Gasteiger partial charge is 0.302 e. The van der Waals surface area contributed by atoms with Crippen LogP contribution in [0.15, 0.2) is 150 Å². The van der Waals surface area contributed by atoms with Gasteiger partial charge in [0.1, 0.15) is 5.52 Å². The summed E-state index contributed by atoms with van der Waals surface area (Å²) in [5.41, 5.74) is 6.41. The van der Waals surface area contributed by atoms with Crippen molar-refractivity contribution in [2.45, 2.75) is 0 Å². The zero-order chi connectivity index (χ0) is 27.8. The summed E-state index contributed by atoms with van der Waals surface area (Å²) in [5, 5.41) is 8.25. The molecular weight excluding hydrogens is 512 g/mol. The molecule has 0 radical (unpaired) electrons. The highest BCUT2D eigenvalue weighted by Crippen LogP contribution is 2.38. The maximum atomic E-state index is 14.9. The van der Waals surface area contributed by atoms with Crippen molar-refractivity contribution in [2.75, 3.05) is 0 Å². The van der Waals surface area contributed by atoms with E-state index in [9.17, 15) is 4.79 Å². The van der Waals surface area contributed by atoms with Gasteiger partial charge in [-0.05, 0) is 68.2 Å². The second-order valence-corrected chi connectivity index (χ2v) is 10.9. The molecule has 196 valence electrons. The van der Waals surface area contributed by atoms with E-state index in [1.165, 1.54) is 26.9 Å². The van der Waals surface area contributed by atoms with E-state index in [2.05, 4.69) is 108 Å². The molecule has 0 fully saturated rings. The first-order chi connectivity index (χ1) is 20.8. The van der Waals surface area contributed by atoms with Crippen molar-refractivity contribution in [3.8, 4) is 16.8 Å². The summed E-state index contributed by atoms with van der Waals surface area (Å²) in [5.74, 6) is 0. The fourth-order valence-corrected chi connectivity index (χ4v) is 6.94. The number of nitrogens with zero attached hydrogens (tertiary/aromatic N) is 2. The predicted molar refractivity (Wildman–Crippen MR) is 176 cm³/mol. The fraction of sp³-hybridized carbons (Fsp3) is 0. The van der Waals surface area contributed by atoms with Crippen LogP contribution in [0.5, 0.6) is 0 Å². The van der Waals surface area contributed by atoms with Gasteiger partial charge in [-0.2, -0.15) is 0 Å². The molecule has 0 saturated carbocycles. The molecule has 3 heteroatoms. The van der Waals surface area contributed by atoms with E-state index in [1.54, 1.807) is 0 Å². The topological polar surface area (TPSA) is 26.4 Å². The van der Waals surface area contributed by atoms with Gasteiger partial charge in [0.15, 0.2) is 0 Å². The van der Waals surface area contributed by atoms with Gasteiger partial charge in [-0.25, -0.2) is 0 Å². The summed E-state index contributed by atoms with van der Waals surface area (Å²) >= 11 is 0. The molecule has 7 aromatic carbocycles. The highest BCUT2D eigenvalue weighted by Gasteiger charge is 2.21. The first-order valence-corrected chi connectivity index (χ1v) is 14.3. The van der Waals surface area contributed by atoms with Gasteiger partial charge in [0.2, 0.25) is 0 Å². The Labute approximate surface area is 241 Å². The second-order valence-electron chi connectivity index (χ2n) is 10.9. The normalized spacial score (nSPS) is 11.9. The van der Waals surface area contributed by atoms with E-state index in [4.69, 9.17) is 0 Å². The van der Waals surface area contributed by atoms with Crippen molar-refractivity contribution in [3.63, 3.8) is 0 Å². The SMILES string of the molecule is O=c1c2c(-c3ccccc3)c3ccccc3n2c2ccccc2n1-c1ccc2c3ccccc3c3ccccc3c2c1. The van der Waals surface area contributed by atoms with Crippen molar-refractivity contribution in [1.82, 2.24) is 8.97 Å². The first kappa shape index (κ1) is 23.1. The number of fused-ring (bicyclic) bond motifs is 11. The Morgan fingerprint density at radius 2 is 0.905 bits per heavy atom. The summed E-state index contributed by atoms with van der Waals surface area (Å²) in [6, 6.07) is 50.4. The van der Waals surface area contributed by atoms with Crippen LogP contribution in [0, 0.1) is 0 Å². The molecule has 9 rings (SSSR count). The average Bonchev–Trinajstić information content (AvgIpc) is 3.41. The van der Waals surface area contributed by atoms with Gasteiger partial charge in [-0.15, -0.1) is 0 Å². The summed E-state index contributed by atoms with van der Waals surface area (Å²) in [6.45, 7) is 0. The number of benzene rings is 7. The molecule has 0 unspecified atom stereocenters. The molecule has 0 aliphatic rings. The van der Waals surface area contributed by atoms with E-state index in [0.29, 0.717) is 5.52 Å². The molecule has 2 aromatic heterocycles.